The van der Waals surface area contributed by atoms with Gasteiger partial charge in [0, 0.05) is 24.1 Å². The Morgan fingerprint density at radius 3 is 2.50 bits per heavy atom. The number of guanidine groups is 1. The summed E-state index contributed by atoms with van der Waals surface area (Å²) in [6.45, 7) is 13.1. The van der Waals surface area contributed by atoms with E-state index in [2.05, 4.69) is 22.5 Å². The molecule has 24 heavy (non-hydrogen) atoms. The third-order valence-electron chi connectivity index (χ3n) is 4.09. The Hall–Kier alpha value is -0.800. The molecule has 0 aromatic carbocycles. The van der Waals surface area contributed by atoms with E-state index in [1.807, 2.05) is 26.8 Å². The van der Waals surface area contributed by atoms with Crippen molar-refractivity contribution in [3.8, 4) is 0 Å². The minimum Gasteiger partial charge on any atom is -0.466 e. The molecule has 6 nitrogen and oxygen atoms in total. The Morgan fingerprint density at radius 1 is 1.38 bits per heavy atom. The molecule has 2 heterocycles. The Morgan fingerprint density at radius 2 is 2.04 bits per heavy atom. The molecule has 2 rings (SSSR count). The van der Waals surface area contributed by atoms with Crippen molar-refractivity contribution < 1.29 is 14.3 Å². The van der Waals surface area contributed by atoms with Crippen molar-refractivity contribution in [1.82, 2.24) is 10.6 Å². The maximum absolute atomic E-state index is 10.7. The largest absolute Gasteiger partial charge is 0.466 e. The fraction of sp³-hybridized carbons (Fsp3) is 0.706. The highest BCUT2D eigenvalue weighted by Gasteiger charge is 2.33. The Balaban J connectivity index is 0.00000288. The van der Waals surface area contributed by atoms with E-state index in [9.17, 15) is 5.11 Å². The first-order valence-electron chi connectivity index (χ1n) is 8.15. The van der Waals surface area contributed by atoms with Crippen molar-refractivity contribution in [2.24, 2.45) is 10.4 Å². The zero-order chi connectivity index (χ0) is 17.1. The fourth-order valence-electron chi connectivity index (χ4n) is 2.68. The van der Waals surface area contributed by atoms with Crippen molar-refractivity contribution in [2.45, 2.75) is 40.2 Å². The maximum Gasteiger partial charge on any atom is 0.191 e. The summed E-state index contributed by atoms with van der Waals surface area (Å²) in [6, 6.07) is 1.87. The van der Waals surface area contributed by atoms with Crippen LogP contribution in [0.4, 0.5) is 0 Å². The number of hydrogen-bond acceptors (Lipinski definition) is 4. The molecular weight excluding hydrogens is 421 g/mol. The fourth-order valence-corrected chi connectivity index (χ4v) is 2.68. The molecule has 1 atom stereocenters. The number of ether oxygens (including phenoxy) is 1. The topological polar surface area (TPSA) is 79.0 Å². The molecule has 1 fully saturated rings. The van der Waals surface area contributed by atoms with Gasteiger partial charge in [0.25, 0.3) is 0 Å². The van der Waals surface area contributed by atoms with Crippen LogP contribution in [0.5, 0.6) is 0 Å². The summed E-state index contributed by atoms with van der Waals surface area (Å²) >= 11 is 0. The molecule has 0 spiro atoms. The average Bonchev–Trinajstić information content (AvgIpc) is 2.79. The second-order valence-corrected chi connectivity index (χ2v) is 6.95. The van der Waals surface area contributed by atoms with Crippen LogP contribution in [0.25, 0.3) is 0 Å². The van der Waals surface area contributed by atoms with Gasteiger partial charge in [-0.3, -0.25) is 0 Å². The van der Waals surface area contributed by atoms with Crippen LogP contribution >= 0.6 is 24.0 Å². The quantitative estimate of drug-likeness (QED) is 0.352. The summed E-state index contributed by atoms with van der Waals surface area (Å²) in [6.07, 6.45) is 0. The van der Waals surface area contributed by atoms with Gasteiger partial charge in [-0.1, -0.05) is 6.92 Å². The van der Waals surface area contributed by atoms with Gasteiger partial charge in [-0.15, -0.1) is 24.0 Å². The van der Waals surface area contributed by atoms with Crippen LogP contribution in [-0.4, -0.2) is 43.9 Å². The molecule has 0 saturated carbocycles. The van der Waals surface area contributed by atoms with Gasteiger partial charge in [-0.25, -0.2) is 4.99 Å². The number of hydrogen-bond donors (Lipinski definition) is 3. The van der Waals surface area contributed by atoms with Crippen LogP contribution in [0, 0.1) is 19.3 Å². The number of nitrogens with one attached hydrogen (secondary N) is 2. The molecule has 0 radical (unpaired) electrons. The minimum atomic E-state index is -1.06. The van der Waals surface area contributed by atoms with Gasteiger partial charge in [0.05, 0.1) is 19.8 Å². The van der Waals surface area contributed by atoms with E-state index in [4.69, 9.17) is 9.15 Å². The lowest BCUT2D eigenvalue weighted by molar-refractivity contribution is -0.0971. The molecule has 1 unspecified atom stereocenters. The summed E-state index contributed by atoms with van der Waals surface area (Å²) < 4.78 is 10.8. The highest BCUT2D eigenvalue weighted by molar-refractivity contribution is 14.0. The first kappa shape index (κ1) is 21.2. The minimum absolute atomic E-state index is 0. The van der Waals surface area contributed by atoms with Crippen LogP contribution in [0.1, 0.15) is 37.9 Å². The molecule has 3 N–H and O–H groups in total. The van der Waals surface area contributed by atoms with E-state index in [0.717, 1.165) is 43.4 Å². The van der Waals surface area contributed by atoms with Crippen molar-refractivity contribution >= 4 is 29.9 Å². The second kappa shape index (κ2) is 8.53. The van der Waals surface area contributed by atoms with Gasteiger partial charge in [-0.2, -0.15) is 0 Å². The molecule has 0 amide bonds. The number of rotatable bonds is 6. The SMILES string of the molecule is CCNC(=NCC(C)(O)c1cc(C)oc1C)NCC1(C)COC1.I. The molecular formula is C17H30IN3O3. The third kappa shape index (κ3) is 5.35. The number of aryl methyl sites for hydroxylation is 2. The van der Waals surface area contributed by atoms with Gasteiger partial charge >= 0.3 is 0 Å². The number of halogens is 1. The zero-order valence-corrected chi connectivity index (χ0v) is 17.6. The molecule has 138 valence electrons. The Kier molecular flexibility index (Phi) is 7.55. The van der Waals surface area contributed by atoms with Gasteiger partial charge in [-0.05, 0) is 33.8 Å². The van der Waals surface area contributed by atoms with Gasteiger partial charge in [0.15, 0.2) is 5.96 Å². The number of furan rings is 1. The Labute approximate surface area is 161 Å². The maximum atomic E-state index is 10.7. The monoisotopic (exact) mass is 451 g/mol. The van der Waals surface area contributed by atoms with Crippen molar-refractivity contribution in [3.05, 3.63) is 23.2 Å². The first-order valence-corrected chi connectivity index (χ1v) is 8.15. The standard InChI is InChI=1S/C17H29N3O3.HI/c1-6-18-15(19-8-16(4)10-22-11-16)20-9-17(5,21)14-7-12(2)23-13(14)3;/h7,21H,6,8-11H2,1-5H3,(H2,18,19,20);1H. The van der Waals surface area contributed by atoms with E-state index in [-0.39, 0.29) is 35.9 Å². The lowest BCUT2D eigenvalue weighted by atomic mass is 9.89. The highest BCUT2D eigenvalue weighted by Crippen LogP contribution is 2.27. The van der Waals surface area contributed by atoms with Crippen molar-refractivity contribution in [2.75, 3.05) is 32.8 Å². The molecule has 0 aliphatic carbocycles. The van der Waals surface area contributed by atoms with Crippen LogP contribution in [0.15, 0.2) is 15.5 Å². The van der Waals surface area contributed by atoms with E-state index >= 15 is 0 Å². The molecule has 1 aliphatic rings. The lowest BCUT2D eigenvalue weighted by Gasteiger charge is -2.38. The molecule has 0 bridgehead atoms. The third-order valence-corrected chi connectivity index (χ3v) is 4.09. The second-order valence-electron chi connectivity index (χ2n) is 6.95. The van der Waals surface area contributed by atoms with E-state index in [0.29, 0.717) is 5.96 Å². The molecule has 1 aromatic heterocycles. The predicted molar refractivity (Wildman–Crippen MR) is 106 cm³/mol. The number of aliphatic hydroxyl groups is 1. The number of nitrogens with zero attached hydrogens (tertiary/aromatic N) is 1. The van der Waals surface area contributed by atoms with Gasteiger partial charge in [0.2, 0.25) is 0 Å². The van der Waals surface area contributed by atoms with E-state index < -0.39 is 5.60 Å². The first-order chi connectivity index (χ1) is 10.8. The van der Waals surface area contributed by atoms with E-state index in [1.165, 1.54) is 0 Å². The summed E-state index contributed by atoms with van der Waals surface area (Å²) in [5, 5.41) is 17.3. The van der Waals surface area contributed by atoms with Crippen LogP contribution in [0.3, 0.4) is 0 Å². The van der Waals surface area contributed by atoms with Crippen molar-refractivity contribution in [3.63, 3.8) is 0 Å². The predicted octanol–water partition coefficient (Wildman–Crippen LogP) is 2.31. The van der Waals surface area contributed by atoms with Gasteiger partial charge in [0.1, 0.15) is 17.1 Å². The summed E-state index contributed by atoms with van der Waals surface area (Å²) in [5.74, 6) is 2.24. The van der Waals surface area contributed by atoms with Crippen LogP contribution in [-0.2, 0) is 10.3 Å². The van der Waals surface area contributed by atoms with Gasteiger partial charge < -0.3 is 24.9 Å². The van der Waals surface area contributed by atoms with Crippen LogP contribution < -0.4 is 10.6 Å². The van der Waals surface area contributed by atoms with E-state index in [1.54, 1.807) is 6.92 Å². The Bertz CT molecular complexity index is 565. The normalized spacial score (nSPS) is 19.0. The zero-order valence-electron chi connectivity index (χ0n) is 15.2. The summed E-state index contributed by atoms with van der Waals surface area (Å²) in [4.78, 5) is 4.54. The molecule has 7 heteroatoms. The smallest absolute Gasteiger partial charge is 0.191 e. The molecule has 1 saturated heterocycles. The summed E-state index contributed by atoms with van der Waals surface area (Å²) in [5.41, 5.74) is -0.112. The molecule has 1 aromatic rings. The lowest BCUT2D eigenvalue weighted by Crippen LogP contribution is -2.51. The van der Waals surface area contributed by atoms with Crippen molar-refractivity contribution in [1.29, 1.82) is 0 Å². The average molecular weight is 451 g/mol. The highest BCUT2D eigenvalue weighted by atomic mass is 127. The van der Waals surface area contributed by atoms with Crippen LogP contribution in [0.2, 0.25) is 0 Å². The number of aliphatic imine (C=N–C) groups is 1. The summed E-state index contributed by atoms with van der Waals surface area (Å²) in [7, 11) is 0. The molecule has 1 aliphatic heterocycles.